The van der Waals surface area contributed by atoms with E-state index in [9.17, 15) is 0 Å². The lowest BCUT2D eigenvalue weighted by atomic mass is 9.80. The molecule has 6 heteroatoms. The van der Waals surface area contributed by atoms with Crippen molar-refractivity contribution in [2.24, 2.45) is 0 Å². The zero-order chi connectivity index (χ0) is 44.6. The van der Waals surface area contributed by atoms with E-state index in [1.807, 2.05) is 30.6 Å². The van der Waals surface area contributed by atoms with Gasteiger partial charge in [0.25, 0.3) is 5.69 Å². The van der Waals surface area contributed by atoms with Crippen molar-refractivity contribution in [3.63, 3.8) is 0 Å². The summed E-state index contributed by atoms with van der Waals surface area (Å²) in [6, 6.07) is 49.3. The molecule has 8 aromatic rings. The highest BCUT2D eigenvalue weighted by Gasteiger charge is 2.41. The number of aromatic nitrogens is 3. The van der Waals surface area contributed by atoms with E-state index >= 15 is 0 Å². The van der Waals surface area contributed by atoms with Gasteiger partial charge in [-0.25, -0.2) is 4.98 Å². The highest BCUT2D eigenvalue weighted by atomic mass is 16.5. The molecule has 0 bridgehead atoms. The van der Waals surface area contributed by atoms with E-state index in [1.165, 1.54) is 27.6 Å². The van der Waals surface area contributed by atoms with E-state index in [0.717, 1.165) is 67.7 Å². The molecule has 0 unspecified atom stereocenters. The minimum Gasteiger partial charge on any atom is -0.457 e. The van der Waals surface area contributed by atoms with E-state index in [1.54, 1.807) is 0 Å². The number of benzene rings is 5. The fourth-order valence-electron chi connectivity index (χ4n) is 8.48. The molecule has 4 heterocycles. The molecule has 0 atom stereocenters. The van der Waals surface area contributed by atoms with Crippen LogP contribution < -0.4 is 13.9 Å². The van der Waals surface area contributed by atoms with Gasteiger partial charge in [0.2, 0.25) is 11.4 Å². The fraction of sp³-hybridized carbons (Fsp3) is 0.281. The van der Waals surface area contributed by atoms with Crippen LogP contribution >= 0.6 is 0 Å². The van der Waals surface area contributed by atoms with E-state index in [4.69, 9.17) is 14.7 Å². The van der Waals surface area contributed by atoms with E-state index in [0.29, 0.717) is 0 Å². The molecule has 0 N–H and O–H groups in total. The van der Waals surface area contributed by atoms with Crippen LogP contribution in [-0.2, 0) is 21.7 Å². The van der Waals surface area contributed by atoms with Gasteiger partial charge in [-0.15, -0.1) is 0 Å². The molecule has 0 saturated heterocycles. The zero-order valence-corrected chi connectivity index (χ0v) is 38.9. The maximum absolute atomic E-state index is 6.82. The molecule has 3 aromatic heterocycles. The van der Waals surface area contributed by atoms with E-state index in [-0.39, 0.29) is 21.7 Å². The average molecular weight is 830 g/mol. The molecule has 0 aliphatic carbocycles. The number of hydrogen-bond donors (Lipinski definition) is 0. The molecule has 6 nitrogen and oxygen atoms in total. The Morgan fingerprint density at radius 1 is 0.476 bits per heavy atom. The summed E-state index contributed by atoms with van der Waals surface area (Å²) in [4.78, 5) is 9.76. The molecule has 63 heavy (non-hydrogen) atoms. The highest BCUT2D eigenvalue weighted by molar-refractivity contribution is 6.10. The molecule has 0 spiro atoms. The van der Waals surface area contributed by atoms with Crippen molar-refractivity contribution in [2.45, 2.75) is 105 Å². The van der Waals surface area contributed by atoms with Crippen molar-refractivity contribution in [3.8, 4) is 28.6 Å². The first-order chi connectivity index (χ1) is 29.7. The summed E-state index contributed by atoms with van der Waals surface area (Å²) in [5, 5.41) is 2.36. The minimum atomic E-state index is -0.0514. The molecule has 0 saturated carbocycles. The number of pyridine rings is 2. The van der Waals surface area contributed by atoms with Crippen molar-refractivity contribution >= 4 is 50.6 Å². The Balaban J connectivity index is 1.19. The van der Waals surface area contributed by atoms with Gasteiger partial charge in [0.15, 0.2) is 0 Å². The lowest BCUT2D eigenvalue weighted by molar-refractivity contribution is 0.483. The zero-order valence-electron chi connectivity index (χ0n) is 38.9. The monoisotopic (exact) mass is 829 g/mol. The third-order valence-electron chi connectivity index (χ3n) is 12.3. The molecule has 316 valence electrons. The number of rotatable bonds is 6. The molecular formula is C57H59N5O+2. The Bertz CT molecular complexity index is 3120. The van der Waals surface area contributed by atoms with Crippen LogP contribution in [0.5, 0.6) is 11.5 Å². The number of fused-ring (bicyclic) bond motifs is 4. The smallest absolute Gasteiger partial charge is 0.457 e. The van der Waals surface area contributed by atoms with Crippen LogP contribution in [0.15, 0.2) is 140 Å². The summed E-state index contributed by atoms with van der Waals surface area (Å²) >= 11 is 0. The first kappa shape index (κ1) is 41.7. The Kier molecular flexibility index (Phi) is 9.95. The van der Waals surface area contributed by atoms with Gasteiger partial charge in [-0.3, -0.25) is 9.55 Å². The quantitative estimate of drug-likeness (QED) is 0.157. The maximum atomic E-state index is 6.82. The van der Waals surface area contributed by atoms with Crippen molar-refractivity contribution in [3.05, 3.63) is 162 Å². The lowest BCUT2D eigenvalue weighted by Gasteiger charge is -2.24. The van der Waals surface area contributed by atoms with Gasteiger partial charge in [0.1, 0.15) is 17.3 Å². The molecule has 9 rings (SSSR count). The summed E-state index contributed by atoms with van der Waals surface area (Å²) in [5.41, 5.74) is 13.1. The highest BCUT2D eigenvalue weighted by Crippen LogP contribution is 2.45. The van der Waals surface area contributed by atoms with Gasteiger partial charge >= 0.3 is 11.7 Å². The molecule has 0 amide bonds. The standard InChI is InChI=1S/C57H59N5O/c1-54(2,3)37-22-25-49-47(32-37)45-24-23-44(35-51(45)62(49)52-33-38(26-28-59-52)55(4,5)6)63-43-18-15-17-41(34-43)60-36-61(42-30-39(56(7,8)9)29-40(31-42)57(10,11)12)53-46(19-16-21-50(53)60)48-20-13-14-27-58-48/h13-35H,1-12H3/q+2. The Morgan fingerprint density at radius 3 is 1.84 bits per heavy atom. The van der Waals surface area contributed by atoms with Gasteiger partial charge < -0.3 is 4.74 Å². The average Bonchev–Trinajstić information content (AvgIpc) is 3.79. The third-order valence-corrected chi connectivity index (χ3v) is 12.3. The number of hydrogen-bond acceptors (Lipinski definition) is 3. The second-order valence-corrected chi connectivity index (χ2v) is 21.2. The molecule has 0 radical (unpaired) electrons. The van der Waals surface area contributed by atoms with Crippen molar-refractivity contribution in [1.82, 2.24) is 23.7 Å². The summed E-state index contributed by atoms with van der Waals surface area (Å²) in [5.74, 6) is 2.36. The molecule has 1 aliphatic heterocycles. The largest absolute Gasteiger partial charge is 0.503 e. The Hall–Kier alpha value is -6.62. The van der Waals surface area contributed by atoms with Crippen LogP contribution in [0.2, 0.25) is 0 Å². The predicted octanol–water partition coefficient (Wildman–Crippen LogP) is 15.1. The van der Waals surface area contributed by atoms with E-state index < -0.39 is 0 Å². The first-order valence-corrected chi connectivity index (χ1v) is 22.1. The summed E-state index contributed by atoms with van der Waals surface area (Å²) in [6.45, 7) is 27.2. The van der Waals surface area contributed by atoms with Gasteiger partial charge in [-0.1, -0.05) is 113 Å². The van der Waals surface area contributed by atoms with E-state index in [2.05, 4.69) is 212 Å². The van der Waals surface area contributed by atoms with Crippen molar-refractivity contribution in [2.75, 3.05) is 0 Å². The molecule has 1 aliphatic rings. The van der Waals surface area contributed by atoms with Gasteiger partial charge in [-0.2, -0.15) is 0 Å². The van der Waals surface area contributed by atoms with Crippen molar-refractivity contribution in [1.29, 1.82) is 0 Å². The van der Waals surface area contributed by atoms with Crippen LogP contribution in [0.4, 0.5) is 22.7 Å². The number of para-hydroxylation sites is 1. The third kappa shape index (κ3) is 7.89. The van der Waals surface area contributed by atoms with Crippen LogP contribution in [0.25, 0.3) is 38.9 Å². The van der Waals surface area contributed by atoms with Crippen LogP contribution in [0, 0.1) is 0 Å². The Morgan fingerprint density at radius 2 is 1.16 bits per heavy atom. The normalized spacial score (nSPS) is 13.3. The van der Waals surface area contributed by atoms with Gasteiger partial charge in [0.05, 0.1) is 28.4 Å². The molecule has 0 fully saturated rings. The Labute approximate surface area is 372 Å². The number of nitrogens with zero attached hydrogens (tertiary/aromatic N) is 5. The summed E-state index contributed by atoms with van der Waals surface area (Å²) in [7, 11) is 0. The second-order valence-electron chi connectivity index (χ2n) is 21.2. The summed E-state index contributed by atoms with van der Waals surface area (Å²) < 4.78 is 13.5. The van der Waals surface area contributed by atoms with Crippen LogP contribution in [0.3, 0.4) is 0 Å². The SMILES string of the molecule is CC(C)(C)c1cc([N+]2=C=[N+](c3cccc(Oc4ccc5c6cc(C(C)(C)C)ccc6n(-c6cc(C(C)(C)C)ccn6)c5c4)c3)c3cccc(-c4ccccn4)c32)cc(C(C)(C)C)c1. The molecule has 5 aromatic carbocycles. The minimum absolute atomic E-state index is 0.00859. The molecular weight excluding hydrogens is 771 g/mol. The van der Waals surface area contributed by atoms with Gasteiger partial charge in [-0.05, 0) is 114 Å². The maximum Gasteiger partial charge on any atom is 0.503 e. The van der Waals surface area contributed by atoms with Crippen LogP contribution in [0.1, 0.15) is 105 Å². The first-order valence-electron chi connectivity index (χ1n) is 22.1. The summed E-state index contributed by atoms with van der Waals surface area (Å²) in [6.07, 6.45) is 3.79. The predicted molar refractivity (Wildman–Crippen MR) is 264 cm³/mol. The topological polar surface area (TPSA) is 46.0 Å². The fourth-order valence-corrected chi connectivity index (χ4v) is 8.48. The van der Waals surface area contributed by atoms with Crippen LogP contribution in [-0.4, -0.2) is 20.5 Å². The van der Waals surface area contributed by atoms with Crippen molar-refractivity contribution < 1.29 is 4.74 Å². The van der Waals surface area contributed by atoms with Gasteiger partial charge in [0, 0.05) is 53.5 Å². The second kappa shape index (κ2) is 15.0. The lowest BCUT2D eigenvalue weighted by Crippen LogP contribution is -2.17. The number of ether oxygens (including phenoxy) is 1.